The third-order valence-electron chi connectivity index (χ3n) is 1.89. The number of hydrogen-bond acceptors (Lipinski definition) is 4. The lowest BCUT2D eigenvalue weighted by Gasteiger charge is -1.96. The molecule has 78 valence electrons. The fourth-order valence-electron chi connectivity index (χ4n) is 1.25. The fourth-order valence-corrected chi connectivity index (χ4v) is 1.94. The molecule has 15 heavy (non-hydrogen) atoms. The Kier molecular flexibility index (Phi) is 2.42. The minimum absolute atomic E-state index is 0.0912. The fraction of sp³-hybridized carbons (Fsp3) is 0.111. The van der Waals surface area contributed by atoms with Crippen molar-refractivity contribution in [3.05, 3.63) is 34.3 Å². The van der Waals surface area contributed by atoms with Crippen LogP contribution in [0.5, 0.6) is 0 Å². The van der Waals surface area contributed by atoms with Crippen LogP contribution in [0.4, 0.5) is 5.69 Å². The lowest BCUT2D eigenvalue weighted by molar-refractivity contribution is 0.0690. The summed E-state index contributed by atoms with van der Waals surface area (Å²) < 4.78 is 1.53. The first-order chi connectivity index (χ1) is 7.16. The van der Waals surface area contributed by atoms with Crippen LogP contribution in [0.1, 0.15) is 15.4 Å². The monoisotopic (exact) mass is 223 g/mol. The topological polar surface area (TPSA) is 81.1 Å². The van der Waals surface area contributed by atoms with Crippen LogP contribution in [-0.2, 0) is 6.54 Å². The molecule has 0 aliphatic heterocycles. The number of aromatic nitrogens is 2. The minimum atomic E-state index is -1.10. The van der Waals surface area contributed by atoms with Gasteiger partial charge in [-0.2, -0.15) is 5.10 Å². The first kappa shape index (κ1) is 9.72. The lowest BCUT2D eigenvalue weighted by Crippen LogP contribution is -2.03. The van der Waals surface area contributed by atoms with Gasteiger partial charge in [0.05, 0.1) is 12.2 Å². The number of nitrogen functional groups attached to an aromatic ring is 1. The molecule has 6 heteroatoms. The quantitative estimate of drug-likeness (QED) is 0.821. The van der Waals surface area contributed by atoms with Crippen molar-refractivity contribution in [1.82, 2.24) is 9.78 Å². The second-order valence-electron chi connectivity index (χ2n) is 3.02. The maximum absolute atomic E-state index is 10.7. The number of carbonyl (C=O) groups is 1. The van der Waals surface area contributed by atoms with Crippen molar-refractivity contribution in [2.45, 2.75) is 6.54 Å². The van der Waals surface area contributed by atoms with Gasteiger partial charge in [0.15, 0.2) is 5.69 Å². The summed E-state index contributed by atoms with van der Waals surface area (Å²) in [5.41, 5.74) is 5.61. The summed E-state index contributed by atoms with van der Waals surface area (Å²) in [5, 5.41) is 14.6. The first-order valence-electron chi connectivity index (χ1n) is 4.25. The SMILES string of the molecule is Nc1cn(Cc2cccs2)nc1C(=O)O. The summed E-state index contributed by atoms with van der Waals surface area (Å²) in [6, 6.07) is 3.90. The molecule has 0 saturated carbocycles. The molecule has 0 atom stereocenters. The third kappa shape index (κ3) is 1.99. The summed E-state index contributed by atoms with van der Waals surface area (Å²) in [5.74, 6) is -1.10. The Bertz CT molecular complexity index is 476. The van der Waals surface area contributed by atoms with Crippen molar-refractivity contribution in [1.29, 1.82) is 0 Å². The number of nitrogens with two attached hydrogens (primary N) is 1. The van der Waals surface area contributed by atoms with Gasteiger partial charge in [0, 0.05) is 11.1 Å². The molecule has 3 N–H and O–H groups in total. The van der Waals surface area contributed by atoms with Gasteiger partial charge < -0.3 is 10.8 Å². The normalized spacial score (nSPS) is 10.4. The molecule has 2 rings (SSSR count). The average Bonchev–Trinajstić information content (AvgIpc) is 2.75. The van der Waals surface area contributed by atoms with E-state index in [1.54, 1.807) is 11.3 Å². The number of anilines is 1. The molecule has 0 aromatic carbocycles. The van der Waals surface area contributed by atoms with E-state index in [-0.39, 0.29) is 11.4 Å². The molecular formula is C9H9N3O2S. The van der Waals surface area contributed by atoms with E-state index in [1.807, 2.05) is 17.5 Å². The summed E-state index contributed by atoms with van der Waals surface area (Å²) in [7, 11) is 0. The summed E-state index contributed by atoms with van der Waals surface area (Å²) in [4.78, 5) is 11.8. The molecular weight excluding hydrogens is 214 g/mol. The Morgan fingerprint density at radius 1 is 1.67 bits per heavy atom. The molecule has 2 aromatic heterocycles. The van der Waals surface area contributed by atoms with E-state index in [4.69, 9.17) is 10.8 Å². The molecule has 0 spiro atoms. The molecule has 0 radical (unpaired) electrons. The Morgan fingerprint density at radius 3 is 3.00 bits per heavy atom. The van der Waals surface area contributed by atoms with Gasteiger partial charge in [-0.15, -0.1) is 11.3 Å². The van der Waals surface area contributed by atoms with E-state index >= 15 is 0 Å². The van der Waals surface area contributed by atoms with Crippen LogP contribution in [0.25, 0.3) is 0 Å². The molecule has 5 nitrogen and oxygen atoms in total. The van der Waals surface area contributed by atoms with Crippen molar-refractivity contribution >= 4 is 23.0 Å². The predicted octanol–water partition coefficient (Wildman–Crippen LogP) is 1.27. The molecule has 0 amide bonds. The zero-order valence-electron chi connectivity index (χ0n) is 7.75. The number of thiophene rings is 1. The Labute approximate surface area is 89.8 Å². The maximum Gasteiger partial charge on any atom is 0.358 e. The number of carboxylic acids is 1. The molecule has 0 fully saturated rings. The Hall–Kier alpha value is -1.82. The maximum atomic E-state index is 10.7. The van der Waals surface area contributed by atoms with Crippen LogP contribution >= 0.6 is 11.3 Å². The molecule has 0 aliphatic carbocycles. The third-order valence-corrected chi connectivity index (χ3v) is 2.75. The number of rotatable bonds is 3. The van der Waals surface area contributed by atoms with Gasteiger partial charge in [-0.3, -0.25) is 4.68 Å². The zero-order chi connectivity index (χ0) is 10.8. The van der Waals surface area contributed by atoms with Gasteiger partial charge in [-0.05, 0) is 11.4 Å². The second kappa shape index (κ2) is 3.74. The van der Waals surface area contributed by atoms with E-state index < -0.39 is 5.97 Å². The number of aromatic carboxylic acids is 1. The van der Waals surface area contributed by atoms with Crippen LogP contribution in [0.2, 0.25) is 0 Å². The zero-order valence-corrected chi connectivity index (χ0v) is 8.57. The standard InChI is InChI=1S/C9H9N3O2S/c10-7-5-12(11-8(7)9(13)14)4-6-2-1-3-15-6/h1-3,5H,4,10H2,(H,13,14). The lowest BCUT2D eigenvalue weighted by atomic mass is 10.4. The number of carboxylic acid groups (broad SMARTS) is 1. The van der Waals surface area contributed by atoms with Crippen LogP contribution in [0, 0.1) is 0 Å². The highest BCUT2D eigenvalue weighted by Crippen LogP contribution is 2.13. The first-order valence-corrected chi connectivity index (χ1v) is 5.13. The van der Waals surface area contributed by atoms with Gasteiger partial charge in [0.1, 0.15) is 0 Å². The van der Waals surface area contributed by atoms with E-state index in [9.17, 15) is 4.79 Å². The summed E-state index contributed by atoms with van der Waals surface area (Å²) in [6.45, 7) is 0.551. The molecule has 2 heterocycles. The van der Waals surface area contributed by atoms with Crippen molar-refractivity contribution < 1.29 is 9.90 Å². The average molecular weight is 223 g/mol. The van der Waals surface area contributed by atoms with Crippen molar-refractivity contribution in [3.8, 4) is 0 Å². The number of hydrogen-bond donors (Lipinski definition) is 2. The highest BCUT2D eigenvalue weighted by molar-refractivity contribution is 7.09. The summed E-state index contributed by atoms with van der Waals surface area (Å²) in [6.07, 6.45) is 1.53. The highest BCUT2D eigenvalue weighted by atomic mass is 32.1. The predicted molar refractivity (Wildman–Crippen MR) is 57.0 cm³/mol. The smallest absolute Gasteiger partial charge is 0.358 e. The summed E-state index contributed by atoms with van der Waals surface area (Å²) >= 11 is 1.59. The van der Waals surface area contributed by atoms with Crippen molar-refractivity contribution in [2.75, 3.05) is 5.73 Å². The molecule has 2 aromatic rings. The van der Waals surface area contributed by atoms with Gasteiger partial charge in [0.25, 0.3) is 0 Å². The van der Waals surface area contributed by atoms with E-state index in [0.29, 0.717) is 6.54 Å². The van der Waals surface area contributed by atoms with E-state index in [2.05, 4.69) is 5.10 Å². The van der Waals surface area contributed by atoms with Gasteiger partial charge >= 0.3 is 5.97 Å². The van der Waals surface area contributed by atoms with Crippen LogP contribution in [0.3, 0.4) is 0 Å². The molecule has 0 bridgehead atoms. The Morgan fingerprint density at radius 2 is 2.47 bits per heavy atom. The van der Waals surface area contributed by atoms with Gasteiger partial charge in [-0.1, -0.05) is 6.07 Å². The van der Waals surface area contributed by atoms with Gasteiger partial charge in [0.2, 0.25) is 0 Å². The number of nitrogens with zero attached hydrogens (tertiary/aromatic N) is 2. The van der Waals surface area contributed by atoms with E-state index in [0.717, 1.165) is 4.88 Å². The minimum Gasteiger partial charge on any atom is -0.476 e. The van der Waals surface area contributed by atoms with E-state index in [1.165, 1.54) is 10.9 Å². The van der Waals surface area contributed by atoms with Crippen molar-refractivity contribution in [3.63, 3.8) is 0 Å². The largest absolute Gasteiger partial charge is 0.476 e. The molecule has 0 unspecified atom stereocenters. The Balaban J connectivity index is 2.23. The van der Waals surface area contributed by atoms with Gasteiger partial charge in [-0.25, -0.2) is 4.79 Å². The highest BCUT2D eigenvalue weighted by Gasteiger charge is 2.13. The second-order valence-corrected chi connectivity index (χ2v) is 4.05. The van der Waals surface area contributed by atoms with Crippen LogP contribution in [0.15, 0.2) is 23.7 Å². The molecule has 0 saturated heterocycles. The van der Waals surface area contributed by atoms with Crippen LogP contribution < -0.4 is 5.73 Å². The molecule has 0 aliphatic rings. The van der Waals surface area contributed by atoms with Crippen molar-refractivity contribution in [2.24, 2.45) is 0 Å². The van der Waals surface area contributed by atoms with Crippen LogP contribution in [-0.4, -0.2) is 20.9 Å².